The molecule has 7 nitrogen and oxygen atoms in total. The minimum atomic E-state index is -0.714. The zero-order chi connectivity index (χ0) is 14.9. The Balaban J connectivity index is 1.78. The van der Waals surface area contributed by atoms with Gasteiger partial charge in [0, 0.05) is 11.9 Å². The van der Waals surface area contributed by atoms with Crippen molar-refractivity contribution in [3.05, 3.63) is 60.4 Å². The molecule has 0 aliphatic carbocycles. The van der Waals surface area contributed by atoms with Crippen LogP contribution in [0.5, 0.6) is 0 Å². The number of nitrogens with one attached hydrogen (secondary N) is 2. The van der Waals surface area contributed by atoms with Crippen LogP contribution in [-0.2, 0) is 6.54 Å². The number of pyridine rings is 1. The van der Waals surface area contributed by atoms with Crippen molar-refractivity contribution in [3.8, 4) is 0 Å². The van der Waals surface area contributed by atoms with Gasteiger partial charge in [-0.15, -0.1) is 0 Å². The van der Waals surface area contributed by atoms with E-state index in [2.05, 4.69) is 25.8 Å². The van der Waals surface area contributed by atoms with E-state index in [0.29, 0.717) is 11.4 Å². The molecule has 7 heteroatoms. The molecular weight excluding hydrogens is 270 g/mol. The fourth-order valence-corrected chi connectivity index (χ4v) is 1.47. The smallest absolute Gasteiger partial charge is 0.329 e. The van der Waals surface area contributed by atoms with Gasteiger partial charge in [0.25, 0.3) is 0 Å². The highest BCUT2D eigenvalue weighted by molar-refractivity contribution is 5.90. The Labute approximate surface area is 121 Å². The Morgan fingerprint density at radius 2 is 1.67 bits per heavy atom. The van der Waals surface area contributed by atoms with Gasteiger partial charge >= 0.3 is 12.1 Å². The maximum absolute atomic E-state index is 11.4. The highest BCUT2D eigenvalue weighted by atomic mass is 16.2. The summed E-state index contributed by atoms with van der Waals surface area (Å²) >= 11 is 0. The molecule has 1 aromatic heterocycles. The average Bonchev–Trinajstić information content (AvgIpc) is 2.53. The van der Waals surface area contributed by atoms with E-state index < -0.39 is 12.1 Å². The van der Waals surface area contributed by atoms with E-state index in [1.807, 2.05) is 12.1 Å². The fraction of sp³-hybridized carbons (Fsp3) is 0.0714. The number of rotatable bonds is 3. The van der Waals surface area contributed by atoms with Gasteiger partial charge in [-0.25, -0.2) is 9.59 Å². The largest absolute Gasteiger partial charge is 0.364 e. The number of azo groups is 1. The lowest BCUT2D eigenvalue weighted by Crippen LogP contribution is -2.19. The molecule has 0 radical (unpaired) electrons. The monoisotopic (exact) mass is 283 g/mol. The second-order valence-electron chi connectivity index (χ2n) is 3.98. The lowest BCUT2D eigenvalue weighted by atomic mass is 10.3. The Hall–Kier alpha value is -3.09. The van der Waals surface area contributed by atoms with E-state index in [1.54, 1.807) is 42.6 Å². The molecule has 4 amide bonds. The van der Waals surface area contributed by atoms with Gasteiger partial charge < -0.3 is 10.6 Å². The lowest BCUT2D eigenvalue weighted by Gasteiger charge is -2.00. The van der Waals surface area contributed by atoms with Crippen LogP contribution in [0.3, 0.4) is 0 Å². The third-order valence-corrected chi connectivity index (χ3v) is 2.40. The first-order valence-electron chi connectivity index (χ1n) is 6.19. The molecule has 0 fully saturated rings. The summed E-state index contributed by atoms with van der Waals surface area (Å²) in [5.41, 5.74) is 1.27. The van der Waals surface area contributed by atoms with Gasteiger partial charge in [-0.3, -0.25) is 4.98 Å². The molecule has 2 aromatic rings. The van der Waals surface area contributed by atoms with Crippen LogP contribution in [0.25, 0.3) is 0 Å². The number of urea groups is 2. The van der Waals surface area contributed by atoms with Crippen LogP contribution in [0.2, 0.25) is 0 Å². The number of carbonyl (C=O) groups excluding carboxylic acids is 2. The van der Waals surface area contributed by atoms with Gasteiger partial charge in [-0.1, -0.05) is 34.5 Å². The Morgan fingerprint density at radius 1 is 0.952 bits per heavy atom. The summed E-state index contributed by atoms with van der Waals surface area (Å²) in [5.74, 6) is 0. The van der Waals surface area contributed by atoms with Gasteiger partial charge in [0.05, 0.1) is 12.2 Å². The van der Waals surface area contributed by atoms with E-state index in [-0.39, 0.29) is 6.54 Å². The fourth-order valence-electron chi connectivity index (χ4n) is 1.47. The molecule has 2 rings (SSSR count). The van der Waals surface area contributed by atoms with E-state index >= 15 is 0 Å². The number of benzene rings is 1. The summed E-state index contributed by atoms with van der Waals surface area (Å²) in [6.45, 7) is 0.221. The number of nitrogens with zero attached hydrogens (tertiary/aromatic N) is 3. The maximum atomic E-state index is 11.4. The third kappa shape index (κ3) is 5.19. The van der Waals surface area contributed by atoms with Gasteiger partial charge in [0.2, 0.25) is 0 Å². The van der Waals surface area contributed by atoms with E-state index in [4.69, 9.17) is 0 Å². The van der Waals surface area contributed by atoms with Crippen LogP contribution < -0.4 is 10.6 Å². The van der Waals surface area contributed by atoms with Gasteiger partial charge in [0.15, 0.2) is 0 Å². The number of aromatic nitrogens is 1. The minimum Gasteiger partial charge on any atom is -0.329 e. The summed E-state index contributed by atoms with van der Waals surface area (Å²) in [6.07, 6.45) is 1.62. The van der Waals surface area contributed by atoms with E-state index in [0.717, 1.165) is 0 Å². The molecule has 1 heterocycles. The molecule has 0 saturated heterocycles. The number of carbonyl (C=O) groups is 2. The van der Waals surface area contributed by atoms with E-state index in [1.165, 1.54) is 0 Å². The van der Waals surface area contributed by atoms with Crippen molar-refractivity contribution in [1.29, 1.82) is 0 Å². The van der Waals surface area contributed by atoms with Crippen molar-refractivity contribution < 1.29 is 9.59 Å². The second kappa shape index (κ2) is 7.49. The Bertz CT molecular complexity index is 628. The summed E-state index contributed by atoms with van der Waals surface area (Å²) in [6, 6.07) is 12.7. The summed E-state index contributed by atoms with van der Waals surface area (Å²) in [7, 11) is 0. The Morgan fingerprint density at radius 3 is 2.38 bits per heavy atom. The summed E-state index contributed by atoms with van der Waals surface area (Å²) < 4.78 is 0. The molecule has 21 heavy (non-hydrogen) atoms. The molecule has 0 unspecified atom stereocenters. The SMILES string of the molecule is O=C(N=NC(=O)Nc1ccccc1)NCc1ccccn1. The molecule has 1 aromatic carbocycles. The average molecular weight is 283 g/mol. The molecule has 0 spiro atoms. The van der Waals surface area contributed by atoms with Crippen molar-refractivity contribution in [1.82, 2.24) is 10.3 Å². The van der Waals surface area contributed by atoms with Crippen molar-refractivity contribution in [2.75, 3.05) is 5.32 Å². The van der Waals surface area contributed by atoms with Crippen LogP contribution >= 0.6 is 0 Å². The van der Waals surface area contributed by atoms with Crippen molar-refractivity contribution in [2.24, 2.45) is 10.2 Å². The van der Waals surface area contributed by atoms with E-state index in [9.17, 15) is 9.59 Å². The zero-order valence-corrected chi connectivity index (χ0v) is 11.1. The number of hydrogen-bond donors (Lipinski definition) is 2. The normalized spacial score (nSPS) is 10.3. The van der Waals surface area contributed by atoms with Crippen LogP contribution in [0.1, 0.15) is 5.69 Å². The number of anilines is 1. The predicted octanol–water partition coefficient (Wildman–Crippen LogP) is 2.98. The first-order valence-corrected chi connectivity index (χ1v) is 6.19. The molecule has 0 atom stereocenters. The number of para-hydroxylation sites is 1. The molecule has 0 bridgehead atoms. The maximum Gasteiger partial charge on any atom is 0.364 e. The van der Waals surface area contributed by atoms with Crippen LogP contribution in [-0.4, -0.2) is 17.0 Å². The topological polar surface area (TPSA) is 95.8 Å². The van der Waals surface area contributed by atoms with Gasteiger partial charge in [-0.05, 0) is 24.3 Å². The van der Waals surface area contributed by atoms with Crippen molar-refractivity contribution in [2.45, 2.75) is 6.54 Å². The van der Waals surface area contributed by atoms with Crippen molar-refractivity contribution in [3.63, 3.8) is 0 Å². The molecule has 0 aliphatic heterocycles. The summed E-state index contributed by atoms with van der Waals surface area (Å²) in [5, 5.41) is 11.5. The first-order chi connectivity index (χ1) is 10.2. The first kappa shape index (κ1) is 14.3. The van der Waals surface area contributed by atoms with Crippen LogP contribution in [0, 0.1) is 0 Å². The molecule has 2 N–H and O–H groups in total. The van der Waals surface area contributed by atoms with Gasteiger partial charge in [-0.2, -0.15) is 0 Å². The number of hydrogen-bond acceptors (Lipinski definition) is 3. The third-order valence-electron chi connectivity index (χ3n) is 2.40. The highest BCUT2D eigenvalue weighted by Gasteiger charge is 2.02. The summed E-state index contributed by atoms with van der Waals surface area (Å²) in [4.78, 5) is 26.9. The second-order valence-corrected chi connectivity index (χ2v) is 3.98. The molecule has 0 aliphatic rings. The molecule has 0 saturated carbocycles. The molecular formula is C14H13N5O2. The lowest BCUT2D eigenvalue weighted by molar-refractivity contribution is 0.244. The number of amides is 4. The zero-order valence-electron chi connectivity index (χ0n) is 11.1. The van der Waals surface area contributed by atoms with Crippen LogP contribution in [0.4, 0.5) is 15.3 Å². The minimum absolute atomic E-state index is 0.221. The quantitative estimate of drug-likeness (QED) is 0.847. The Kier molecular flexibility index (Phi) is 5.11. The van der Waals surface area contributed by atoms with Crippen LogP contribution in [0.15, 0.2) is 65.0 Å². The predicted molar refractivity (Wildman–Crippen MR) is 76.8 cm³/mol. The highest BCUT2D eigenvalue weighted by Crippen LogP contribution is 2.05. The van der Waals surface area contributed by atoms with Gasteiger partial charge in [0.1, 0.15) is 0 Å². The molecule has 106 valence electrons. The standard InChI is InChI=1S/C14H13N5O2/c20-13(16-10-12-8-4-5-9-15-12)18-19-14(21)17-11-6-2-1-3-7-11/h1-9H,10H2,(H,16,20)(H,17,21). The van der Waals surface area contributed by atoms with Crippen molar-refractivity contribution >= 4 is 17.7 Å².